The molecule has 0 spiro atoms. The average molecular weight is 309 g/mol. The van der Waals surface area contributed by atoms with Gasteiger partial charge in [-0.25, -0.2) is 0 Å². The fourth-order valence-electron chi connectivity index (χ4n) is 2.27. The maximum atomic E-state index is 12.2. The summed E-state index contributed by atoms with van der Waals surface area (Å²) in [6.07, 6.45) is 0.990. The maximum Gasteiger partial charge on any atom is 0.387 e. The largest absolute Gasteiger partial charge is 0.493 e. The van der Waals surface area contributed by atoms with Gasteiger partial charge in [0.1, 0.15) is 0 Å². The Balaban J connectivity index is 0.00000200. The lowest BCUT2D eigenvalue weighted by atomic mass is 10.2. The summed E-state index contributed by atoms with van der Waals surface area (Å²) in [6.45, 7) is -0.300. The van der Waals surface area contributed by atoms with Crippen molar-refractivity contribution in [3.8, 4) is 11.5 Å². The predicted octanol–water partition coefficient (Wildman–Crippen LogP) is 2.25. The number of hydrogen-bond donors (Lipinski definition) is 1. The molecule has 114 valence electrons. The molecular weight excluding hydrogens is 290 g/mol. The van der Waals surface area contributed by atoms with Crippen LogP contribution in [0, 0.1) is 0 Å². The number of rotatable bonds is 5. The Kier molecular flexibility index (Phi) is 6.45. The highest BCUT2D eigenvalue weighted by Crippen LogP contribution is 2.30. The van der Waals surface area contributed by atoms with Gasteiger partial charge in [-0.1, -0.05) is 6.07 Å². The molecule has 7 heteroatoms. The molecule has 0 aliphatic carbocycles. The van der Waals surface area contributed by atoms with Crippen molar-refractivity contribution in [2.45, 2.75) is 25.6 Å². The van der Waals surface area contributed by atoms with E-state index in [0.29, 0.717) is 5.75 Å². The number of likely N-dealkylation sites (tertiary alicyclic amines) is 1. The monoisotopic (exact) mass is 308 g/mol. The second-order valence-electron chi connectivity index (χ2n) is 4.65. The van der Waals surface area contributed by atoms with Crippen molar-refractivity contribution in [3.05, 3.63) is 23.8 Å². The smallest absolute Gasteiger partial charge is 0.387 e. The van der Waals surface area contributed by atoms with E-state index in [1.165, 1.54) is 13.2 Å². The van der Waals surface area contributed by atoms with Crippen LogP contribution in [-0.4, -0.2) is 37.8 Å². The number of alkyl halides is 2. The van der Waals surface area contributed by atoms with Crippen LogP contribution < -0.4 is 15.2 Å². The molecule has 0 saturated carbocycles. The predicted molar refractivity (Wildman–Crippen MR) is 74.7 cm³/mol. The van der Waals surface area contributed by atoms with Gasteiger partial charge in [-0.05, 0) is 24.1 Å². The van der Waals surface area contributed by atoms with Crippen LogP contribution in [0.4, 0.5) is 8.78 Å². The molecule has 0 radical (unpaired) electrons. The van der Waals surface area contributed by atoms with E-state index in [2.05, 4.69) is 9.64 Å². The molecule has 20 heavy (non-hydrogen) atoms. The SMILES string of the molecule is COc1cc(CN2CC[C@@H](N)C2)ccc1OC(F)F.Cl. The molecular formula is C13H19ClF2N2O2. The zero-order valence-electron chi connectivity index (χ0n) is 11.2. The number of nitrogens with zero attached hydrogens (tertiary/aromatic N) is 1. The lowest BCUT2D eigenvalue weighted by molar-refractivity contribution is -0.0512. The Morgan fingerprint density at radius 1 is 1.40 bits per heavy atom. The number of benzene rings is 1. The van der Waals surface area contributed by atoms with Crippen molar-refractivity contribution < 1.29 is 18.3 Å². The lowest BCUT2D eigenvalue weighted by Crippen LogP contribution is -2.26. The fourth-order valence-corrected chi connectivity index (χ4v) is 2.27. The van der Waals surface area contributed by atoms with Crippen LogP contribution in [0.15, 0.2) is 18.2 Å². The second-order valence-corrected chi connectivity index (χ2v) is 4.65. The normalized spacial score (nSPS) is 18.9. The van der Waals surface area contributed by atoms with Crippen LogP contribution in [0.25, 0.3) is 0 Å². The first-order valence-electron chi connectivity index (χ1n) is 6.18. The molecule has 0 amide bonds. The quantitative estimate of drug-likeness (QED) is 0.906. The Labute approximate surface area is 123 Å². The average Bonchev–Trinajstić information content (AvgIpc) is 2.76. The van der Waals surface area contributed by atoms with Crippen LogP contribution >= 0.6 is 12.4 Å². The van der Waals surface area contributed by atoms with Crippen molar-refractivity contribution >= 4 is 12.4 Å². The third-order valence-corrected chi connectivity index (χ3v) is 3.16. The molecule has 2 rings (SSSR count). The van der Waals surface area contributed by atoms with E-state index < -0.39 is 6.61 Å². The molecule has 0 bridgehead atoms. The first-order valence-corrected chi connectivity index (χ1v) is 6.18. The minimum Gasteiger partial charge on any atom is -0.493 e. The van der Waals surface area contributed by atoms with Gasteiger partial charge < -0.3 is 15.2 Å². The van der Waals surface area contributed by atoms with E-state index in [0.717, 1.165) is 31.6 Å². The fraction of sp³-hybridized carbons (Fsp3) is 0.538. The Hall–Kier alpha value is -1.11. The highest BCUT2D eigenvalue weighted by atomic mass is 35.5. The summed E-state index contributed by atoms with van der Waals surface area (Å²) in [5.74, 6) is 0.376. The Bertz CT molecular complexity index is 435. The van der Waals surface area contributed by atoms with Crippen molar-refractivity contribution in [2.75, 3.05) is 20.2 Å². The van der Waals surface area contributed by atoms with E-state index in [4.69, 9.17) is 10.5 Å². The first-order chi connectivity index (χ1) is 9.08. The van der Waals surface area contributed by atoms with Gasteiger partial charge in [0.15, 0.2) is 11.5 Å². The third-order valence-electron chi connectivity index (χ3n) is 3.16. The van der Waals surface area contributed by atoms with Crippen molar-refractivity contribution in [1.82, 2.24) is 4.90 Å². The molecule has 4 nitrogen and oxygen atoms in total. The number of ether oxygens (including phenoxy) is 2. The highest BCUT2D eigenvalue weighted by Gasteiger charge is 2.19. The van der Waals surface area contributed by atoms with Gasteiger partial charge in [0.25, 0.3) is 0 Å². The number of nitrogens with two attached hydrogens (primary N) is 1. The summed E-state index contributed by atoms with van der Waals surface area (Å²) in [5, 5.41) is 0. The van der Waals surface area contributed by atoms with Crippen molar-refractivity contribution in [2.24, 2.45) is 5.73 Å². The van der Waals surface area contributed by atoms with Gasteiger partial charge in [-0.15, -0.1) is 12.4 Å². The lowest BCUT2D eigenvalue weighted by Gasteiger charge is -2.17. The van der Waals surface area contributed by atoms with Gasteiger partial charge in [0, 0.05) is 25.7 Å². The molecule has 1 aromatic carbocycles. The number of halogens is 3. The maximum absolute atomic E-state index is 12.2. The third kappa shape index (κ3) is 4.47. The van der Waals surface area contributed by atoms with E-state index >= 15 is 0 Å². The van der Waals surface area contributed by atoms with Crippen LogP contribution in [-0.2, 0) is 6.54 Å². The van der Waals surface area contributed by atoms with Crippen LogP contribution in [0.5, 0.6) is 11.5 Å². The summed E-state index contributed by atoms with van der Waals surface area (Å²) in [5.41, 5.74) is 6.84. The summed E-state index contributed by atoms with van der Waals surface area (Å²) >= 11 is 0. The minimum absolute atomic E-state index is 0. The molecule has 2 N–H and O–H groups in total. The molecule has 1 fully saturated rings. The molecule has 1 heterocycles. The van der Waals surface area contributed by atoms with Gasteiger partial charge in [-0.3, -0.25) is 4.90 Å². The van der Waals surface area contributed by atoms with Gasteiger partial charge in [-0.2, -0.15) is 8.78 Å². The van der Waals surface area contributed by atoms with E-state index in [-0.39, 0.29) is 24.2 Å². The molecule has 1 atom stereocenters. The van der Waals surface area contributed by atoms with Crippen LogP contribution in [0.2, 0.25) is 0 Å². The summed E-state index contributed by atoms with van der Waals surface area (Å²) in [7, 11) is 1.43. The topological polar surface area (TPSA) is 47.7 Å². The zero-order valence-corrected chi connectivity index (χ0v) is 12.0. The molecule has 1 aliphatic heterocycles. The molecule has 1 aliphatic rings. The first kappa shape index (κ1) is 16.9. The zero-order chi connectivity index (χ0) is 13.8. The standard InChI is InChI=1S/C13H18F2N2O2.ClH/c1-18-12-6-9(2-3-11(12)19-13(14)15)7-17-5-4-10(16)8-17;/h2-3,6,10,13H,4-5,7-8,16H2,1H3;1H/t10-;/m1./s1. The molecule has 1 saturated heterocycles. The van der Waals surface area contributed by atoms with Crippen molar-refractivity contribution in [1.29, 1.82) is 0 Å². The second kappa shape index (κ2) is 7.61. The molecule has 0 aromatic heterocycles. The van der Waals surface area contributed by atoms with Gasteiger partial charge >= 0.3 is 6.61 Å². The van der Waals surface area contributed by atoms with Crippen LogP contribution in [0.1, 0.15) is 12.0 Å². The van der Waals surface area contributed by atoms with Gasteiger partial charge in [0.2, 0.25) is 0 Å². The van der Waals surface area contributed by atoms with E-state index in [1.54, 1.807) is 12.1 Å². The summed E-state index contributed by atoms with van der Waals surface area (Å²) in [6, 6.07) is 5.23. The van der Waals surface area contributed by atoms with Crippen LogP contribution in [0.3, 0.4) is 0 Å². The van der Waals surface area contributed by atoms with Crippen molar-refractivity contribution in [3.63, 3.8) is 0 Å². The van der Waals surface area contributed by atoms with E-state index in [1.807, 2.05) is 0 Å². The highest BCUT2D eigenvalue weighted by molar-refractivity contribution is 5.85. The van der Waals surface area contributed by atoms with E-state index in [9.17, 15) is 8.78 Å². The number of hydrogen-bond acceptors (Lipinski definition) is 4. The summed E-state index contributed by atoms with van der Waals surface area (Å²) in [4.78, 5) is 2.23. The van der Waals surface area contributed by atoms with Gasteiger partial charge in [0.05, 0.1) is 7.11 Å². The molecule has 0 unspecified atom stereocenters. The molecule has 1 aromatic rings. The summed E-state index contributed by atoms with van der Waals surface area (Å²) < 4.78 is 33.9. The number of methoxy groups -OCH3 is 1. The minimum atomic E-state index is -2.85. The Morgan fingerprint density at radius 3 is 2.70 bits per heavy atom. The Morgan fingerprint density at radius 2 is 2.15 bits per heavy atom.